The van der Waals surface area contributed by atoms with Crippen molar-refractivity contribution in [2.24, 2.45) is 5.92 Å². The highest BCUT2D eigenvalue weighted by molar-refractivity contribution is 6.31. The summed E-state index contributed by atoms with van der Waals surface area (Å²) in [5, 5.41) is 7.73. The maximum absolute atomic E-state index is 13.2. The van der Waals surface area contributed by atoms with Gasteiger partial charge in [0.15, 0.2) is 5.75 Å². The smallest absolute Gasteiger partial charge is 0.241 e. The van der Waals surface area contributed by atoms with E-state index in [4.69, 9.17) is 25.6 Å². The third kappa shape index (κ3) is 7.26. The molecule has 3 aromatic carbocycles. The van der Waals surface area contributed by atoms with E-state index in [0.29, 0.717) is 40.5 Å². The van der Waals surface area contributed by atoms with Gasteiger partial charge >= 0.3 is 0 Å². The second kappa shape index (κ2) is 12.3. The van der Waals surface area contributed by atoms with Crippen LogP contribution in [0.5, 0.6) is 17.2 Å². The monoisotopic (exact) mass is 574 g/mol. The van der Waals surface area contributed by atoms with Gasteiger partial charge < -0.3 is 19.3 Å². The summed E-state index contributed by atoms with van der Waals surface area (Å²) in [7, 11) is 1.61. The number of piperidine rings is 1. The van der Waals surface area contributed by atoms with Gasteiger partial charge in [-0.15, -0.1) is 0 Å². The summed E-state index contributed by atoms with van der Waals surface area (Å²) >= 11 is 6.24. The van der Waals surface area contributed by atoms with Gasteiger partial charge in [-0.3, -0.25) is 9.69 Å². The highest BCUT2D eigenvalue weighted by Crippen LogP contribution is 2.34. The second-order valence-corrected chi connectivity index (χ2v) is 11.7. The Morgan fingerprint density at radius 2 is 1.71 bits per heavy atom. The predicted octanol–water partition coefficient (Wildman–Crippen LogP) is 7.34. The van der Waals surface area contributed by atoms with E-state index >= 15 is 0 Å². The first-order valence-electron chi connectivity index (χ1n) is 13.8. The lowest BCUT2D eigenvalue weighted by molar-refractivity contribution is -0.121. The summed E-state index contributed by atoms with van der Waals surface area (Å²) in [6.45, 7) is 8.62. The molecule has 2 heterocycles. The maximum Gasteiger partial charge on any atom is 0.241 e. The normalized spacial score (nSPS) is 14.6. The molecule has 214 valence electrons. The van der Waals surface area contributed by atoms with E-state index in [0.717, 1.165) is 37.2 Å². The summed E-state index contributed by atoms with van der Waals surface area (Å²) in [6.07, 6.45) is 1.44. The van der Waals surface area contributed by atoms with Crippen molar-refractivity contribution in [2.75, 3.05) is 25.5 Å². The number of nitrogens with zero attached hydrogens (tertiary/aromatic N) is 3. The molecule has 1 amide bonds. The maximum atomic E-state index is 13.2. The van der Waals surface area contributed by atoms with Crippen LogP contribution in [0.15, 0.2) is 71.3 Å². The van der Waals surface area contributed by atoms with E-state index in [1.807, 2.05) is 36.4 Å². The van der Waals surface area contributed by atoms with Gasteiger partial charge in [-0.05, 0) is 79.4 Å². The zero-order valence-electron chi connectivity index (χ0n) is 23.8. The van der Waals surface area contributed by atoms with Gasteiger partial charge in [0.2, 0.25) is 17.6 Å². The summed E-state index contributed by atoms with van der Waals surface area (Å²) in [5.74, 6) is 2.86. The molecule has 0 saturated carbocycles. The Balaban J connectivity index is 1.15. The average molecular weight is 575 g/mol. The number of anilines is 1. The molecule has 9 heteroatoms. The van der Waals surface area contributed by atoms with Gasteiger partial charge in [0, 0.05) is 16.5 Å². The summed E-state index contributed by atoms with van der Waals surface area (Å²) in [6, 6.07) is 20.7. The van der Waals surface area contributed by atoms with Gasteiger partial charge in [-0.2, -0.15) is 4.98 Å². The highest BCUT2D eigenvalue weighted by Gasteiger charge is 2.27. The van der Waals surface area contributed by atoms with Crippen LogP contribution in [-0.4, -0.2) is 41.1 Å². The van der Waals surface area contributed by atoms with Gasteiger partial charge in [-0.1, -0.05) is 61.8 Å². The lowest BCUT2D eigenvalue weighted by atomic mass is 9.87. The Morgan fingerprint density at radius 1 is 1.02 bits per heavy atom. The van der Waals surface area contributed by atoms with Crippen LogP contribution in [-0.2, 0) is 16.8 Å². The molecule has 4 aromatic rings. The number of carbonyl (C=O) groups is 1. The number of likely N-dealkylation sites (tertiary alicyclic amines) is 1. The number of carbonyl (C=O) groups excluding carboxylic acids is 1. The van der Waals surface area contributed by atoms with Crippen molar-refractivity contribution in [1.82, 2.24) is 15.0 Å². The molecule has 8 nitrogen and oxygen atoms in total. The molecular formula is C32H35ClN4O4. The number of hydrogen-bond donors (Lipinski definition) is 1. The second-order valence-electron chi connectivity index (χ2n) is 11.3. The minimum atomic E-state index is -0.126. The molecule has 0 atom stereocenters. The van der Waals surface area contributed by atoms with Crippen molar-refractivity contribution in [2.45, 2.75) is 45.6 Å². The third-order valence-corrected chi connectivity index (χ3v) is 7.52. The molecule has 41 heavy (non-hydrogen) atoms. The summed E-state index contributed by atoms with van der Waals surface area (Å²) in [4.78, 5) is 20.0. The molecule has 5 rings (SSSR count). The van der Waals surface area contributed by atoms with Crippen LogP contribution in [0.25, 0.3) is 11.4 Å². The van der Waals surface area contributed by atoms with Gasteiger partial charge in [0.1, 0.15) is 11.5 Å². The molecule has 1 fully saturated rings. The third-order valence-electron chi connectivity index (χ3n) is 7.28. The van der Waals surface area contributed by atoms with Crippen LogP contribution in [0.4, 0.5) is 5.69 Å². The largest absolute Gasteiger partial charge is 0.497 e. The fourth-order valence-electron chi connectivity index (χ4n) is 4.79. The van der Waals surface area contributed by atoms with Crippen molar-refractivity contribution >= 4 is 23.2 Å². The average Bonchev–Trinajstić information content (AvgIpc) is 3.43. The lowest BCUT2D eigenvalue weighted by Crippen LogP contribution is -2.37. The van der Waals surface area contributed by atoms with E-state index in [-0.39, 0.29) is 17.2 Å². The van der Waals surface area contributed by atoms with Gasteiger partial charge in [0.05, 0.1) is 19.3 Å². The van der Waals surface area contributed by atoms with Crippen molar-refractivity contribution in [1.29, 1.82) is 0 Å². The van der Waals surface area contributed by atoms with Crippen molar-refractivity contribution < 1.29 is 18.8 Å². The van der Waals surface area contributed by atoms with Gasteiger partial charge in [0.25, 0.3) is 0 Å². The number of hydrogen-bond acceptors (Lipinski definition) is 7. The minimum Gasteiger partial charge on any atom is -0.497 e. The molecule has 0 unspecified atom stereocenters. The Hall–Kier alpha value is -3.88. The van der Waals surface area contributed by atoms with E-state index in [1.54, 1.807) is 25.3 Å². The molecule has 1 N–H and O–H groups in total. The number of benzene rings is 3. The van der Waals surface area contributed by atoms with Crippen LogP contribution >= 0.6 is 11.6 Å². The van der Waals surface area contributed by atoms with Crippen LogP contribution < -0.4 is 14.8 Å². The molecule has 1 saturated heterocycles. The lowest BCUT2D eigenvalue weighted by Gasteiger charge is -2.30. The van der Waals surface area contributed by atoms with Crippen molar-refractivity contribution in [3.8, 4) is 28.6 Å². The molecule has 1 aromatic heterocycles. The Kier molecular flexibility index (Phi) is 8.61. The first-order valence-corrected chi connectivity index (χ1v) is 14.1. The number of nitrogens with one attached hydrogen (secondary N) is 1. The van der Waals surface area contributed by atoms with Crippen molar-refractivity contribution in [3.63, 3.8) is 0 Å². The van der Waals surface area contributed by atoms with E-state index in [2.05, 4.69) is 53.3 Å². The molecule has 0 spiro atoms. The fraction of sp³-hybridized carbons (Fsp3) is 0.344. The minimum absolute atomic E-state index is 0.0507. The Bertz CT molecular complexity index is 1470. The molecular weight excluding hydrogens is 540 g/mol. The number of methoxy groups -OCH3 is 1. The highest BCUT2D eigenvalue weighted by atomic mass is 35.5. The summed E-state index contributed by atoms with van der Waals surface area (Å²) < 4.78 is 16.8. The predicted molar refractivity (Wildman–Crippen MR) is 160 cm³/mol. The van der Waals surface area contributed by atoms with Crippen LogP contribution in [0, 0.1) is 5.92 Å². The van der Waals surface area contributed by atoms with E-state index < -0.39 is 0 Å². The van der Waals surface area contributed by atoms with E-state index in [9.17, 15) is 4.79 Å². The number of ether oxygens (including phenoxy) is 2. The molecule has 0 aliphatic carbocycles. The quantitative estimate of drug-likeness (QED) is 0.235. The molecule has 1 aliphatic rings. The molecule has 0 bridgehead atoms. The standard InChI is InChI=1S/C32H35ClN4O4/c1-32(2,3)23-7-5-21(6-8-23)30-35-29(41-36-30)20-37-17-15-22(16-18-37)31(38)34-27-19-24(33)9-14-28(27)40-26-12-10-25(39-4)11-13-26/h5-14,19,22H,15-18,20H2,1-4H3,(H,34,38). The zero-order valence-corrected chi connectivity index (χ0v) is 24.6. The Labute approximate surface area is 245 Å². The SMILES string of the molecule is COc1ccc(Oc2ccc(Cl)cc2NC(=O)C2CCN(Cc3nc(-c4ccc(C(C)(C)C)cc4)no3)CC2)cc1. The summed E-state index contributed by atoms with van der Waals surface area (Å²) in [5.41, 5.74) is 2.81. The van der Waals surface area contributed by atoms with Crippen LogP contribution in [0.1, 0.15) is 45.1 Å². The van der Waals surface area contributed by atoms with Crippen LogP contribution in [0.3, 0.4) is 0 Å². The molecule has 1 aliphatic heterocycles. The number of aromatic nitrogens is 2. The number of amides is 1. The Morgan fingerprint density at radius 3 is 2.37 bits per heavy atom. The topological polar surface area (TPSA) is 89.7 Å². The number of rotatable bonds is 8. The van der Waals surface area contributed by atoms with Crippen LogP contribution in [0.2, 0.25) is 5.02 Å². The fourth-order valence-corrected chi connectivity index (χ4v) is 4.97. The first-order chi connectivity index (χ1) is 19.7. The first kappa shape index (κ1) is 28.6. The van der Waals surface area contributed by atoms with Gasteiger partial charge in [-0.25, -0.2) is 0 Å². The number of halogens is 1. The van der Waals surface area contributed by atoms with Crippen molar-refractivity contribution in [3.05, 3.63) is 83.2 Å². The zero-order chi connectivity index (χ0) is 29.0. The molecule has 0 radical (unpaired) electrons. The van der Waals surface area contributed by atoms with E-state index in [1.165, 1.54) is 5.56 Å².